The van der Waals surface area contributed by atoms with Crippen LogP contribution in [-0.2, 0) is 10.1 Å². The standard InChI is InChI=1S/C3H7ClO4S/c4-1-3(5)2-9(6,7)8/h3,5H,1-2H2,(H,6,7,8)/t3-/m0/s1. The van der Waals surface area contributed by atoms with Gasteiger partial charge in [-0.1, -0.05) is 0 Å². The van der Waals surface area contributed by atoms with Crippen molar-refractivity contribution in [2.24, 2.45) is 0 Å². The van der Waals surface area contributed by atoms with Crippen LogP contribution in [0.5, 0.6) is 0 Å². The molecule has 4 nitrogen and oxygen atoms in total. The summed E-state index contributed by atoms with van der Waals surface area (Å²) in [5, 5.41) is 8.52. The Morgan fingerprint density at radius 3 is 2.11 bits per heavy atom. The number of halogens is 1. The van der Waals surface area contributed by atoms with Gasteiger partial charge in [0.15, 0.2) is 0 Å². The van der Waals surface area contributed by atoms with Crippen molar-refractivity contribution in [3.63, 3.8) is 0 Å². The normalized spacial score (nSPS) is 15.4. The van der Waals surface area contributed by atoms with Crippen LogP contribution in [0.4, 0.5) is 0 Å². The highest BCUT2D eigenvalue weighted by molar-refractivity contribution is 7.85. The number of hydrogen-bond acceptors (Lipinski definition) is 3. The fourth-order valence-corrected chi connectivity index (χ4v) is 1.13. The van der Waals surface area contributed by atoms with Gasteiger partial charge in [-0.2, -0.15) is 8.42 Å². The third-order valence-electron chi connectivity index (χ3n) is 0.581. The monoisotopic (exact) mass is 174 g/mol. The Kier molecular flexibility index (Phi) is 3.42. The zero-order chi connectivity index (χ0) is 7.49. The molecule has 0 saturated heterocycles. The van der Waals surface area contributed by atoms with Gasteiger partial charge in [-0.3, -0.25) is 4.55 Å². The Hall–Kier alpha value is 0.160. The summed E-state index contributed by atoms with van der Waals surface area (Å²) < 4.78 is 27.9. The van der Waals surface area contributed by atoms with Gasteiger partial charge in [-0.15, -0.1) is 11.6 Å². The fraction of sp³-hybridized carbons (Fsp3) is 1.00. The van der Waals surface area contributed by atoms with Gasteiger partial charge < -0.3 is 5.11 Å². The summed E-state index contributed by atoms with van der Waals surface area (Å²) in [6.45, 7) is 0. The number of alkyl halides is 1. The molecular formula is C3H7ClO4S. The molecule has 0 aliphatic rings. The Morgan fingerprint density at radius 2 is 2.00 bits per heavy atom. The summed E-state index contributed by atoms with van der Waals surface area (Å²) in [6, 6.07) is 0. The average Bonchev–Trinajstić information content (AvgIpc) is 1.62. The summed E-state index contributed by atoms with van der Waals surface area (Å²) in [6.07, 6.45) is -1.18. The first-order valence-electron chi connectivity index (χ1n) is 2.15. The van der Waals surface area contributed by atoms with E-state index in [1.165, 1.54) is 0 Å². The topological polar surface area (TPSA) is 74.6 Å². The van der Waals surface area contributed by atoms with E-state index in [0.717, 1.165) is 0 Å². The minimum atomic E-state index is -4.07. The molecule has 6 heteroatoms. The fourth-order valence-electron chi connectivity index (χ4n) is 0.288. The van der Waals surface area contributed by atoms with Crippen molar-refractivity contribution in [2.75, 3.05) is 11.6 Å². The SMILES string of the molecule is O=S(=O)(O)C[C@@H](O)CCl. The number of rotatable bonds is 3. The van der Waals surface area contributed by atoms with Gasteiger partial charge in [-0.05, 0) is 0 Å². The van der Waals surface area contributed by atoms with Crippen LogP contribution in [0.2, 0.25) is 0 Å². The molecule has 0 saturated carbocycles. The minimum Gasteiger partial charge on any atom is -0.391 e. The second-order valence-electron chi connectivity index (χ2n) is 1.56. The second-order valence-corrected chi connectivity index (χ2v) is 3.36. The van der Waals surface area contributed by atoms with Crippen LogP contribution < -0.4 is 0 Å². The van der Waals surface area contributed by atoms with Gasteiger partial charge in [0.2, 0.25) is 0 Å². The third kappa shape index (κ3) is 6.04. The van der Waals surface area contributed by atoms with Crippen LogP contribution in [-0.4, -0.2) is 35.8 Å². The van der Waals surface area contributed by atoms with Crippen molar-refractivity contribution < 1.29 is 18.1 Å². The van der Waals surface area contributed by atoms with Crippen LogP contribution >= 0.6 is 11.6 Å². The Bertz CT molecular complexity index is 163. The van der Waals surface area contributed by atoms with Crippen LogP contribution in [0.25, 0.3) is 0 Å². The summed E-state index contributed by atoms with van der Waals surface area (Å²) in [4.78, 5) is 0. The first kappa shape index (κ1) is 9.16. The summed E-state index contributed by atoms with van der Waals surface area (Å²) >= 11 is 5.03. The molecule has 0 heterocycles. The van der Waals surface area contributed by atoms with Crippen LogP contribution in [0.3, 0.4) is 0 Å². The average molecular weight is 175 g/mol. The van der Waals surface area contributed by atoms with E-state index in [0.29, 0.717) is 0 Å². The molecule has 56 valence electrons. The molecular weight excluding hydrogens is 168 g/mol. The van der Waals surface area contributed by atoms with E-state index in [2.05, 4.69) is 0 Å². The molecule has 0 amide bonds. The predicted molar refractivity (Wildman–Crippen MR) is 33.1 cm³/mol. The molecule has 0 unspecified atom stereocenters. The molecule has 0 bridgehead atoms. The third-order valence-corrected chi connectivity index (χ3v) is 1.74. The maximum absolute atomic E-state index is 9.94. The lowest BCUT2D eigenvalue weighted by atomic mass is 10.5. The van der Waals surface area contributed by atoms with Gasteiger partial charge in [-0.25, -0.2) is 0 Å². The second kappa shape index (κ2) is 3.36. The van der Waals surface area contributed by atoms with Crippen LogP contribution in [0.15, 0.2) is 0 Å². The quantitative estimate of drug-likeness (QED) is 0.446. The van der Waals surface area contributed by atoms with Gasteiger partial charge >= 0.3 is 0 Å². The van der Waals surface area contributed by atoms with Crippen molar-refractivity contribution >= 4 is 21.7 Å². The Balaban J connectivity index is 3.75. The molecule has 0 aromatic carbocycles. The molecule has 0 radical (unpaired) electrons. The van der Waals surface area contributed by atoms with Crippen LogP contribution in [0.1, 0.15) is 0 Å². The highest BCUT2D eigenvalue weighted by atomic mass is 35.5. The van der Waals surface area contributed by atoms with Crippen molar-refractivity contribution in [2.45, 2.75) is 6.10 Å². The molecule has 1 atom stereocenters. The van der Waals surface area contributed by atoms with Gasteiger partial charge in [0.25, 0.3) is 10.1 Å². The van der Waals surface area contributed by atoms with E-state index in [1.54, 1.807) is 0 Å². The minimum absolute atomic E-state index is 0.195. The maximum Gasteiger partial charge on any atom is 0.267 e. The lowest BCUT2D eigenvalue weighted by Crippen LogP contribution is -2.21. The molecule has 0 rings (SSSR count). The first-order chi connectivity index (χ1) is 3.95. The molecule has 9 heavy (non-hydrogen) atoms. The van der Waals surface area contributed by atoms with E-state index in [1.807, 2.05) is 0 Å². The van der Waals surface area contributed by atoms with Gasteiger partial charge in [0.05, 0.1) is 6.10 Å². The highest BCUT2D eigenvalue weighted by Crippen LogP contribution is 1.91. The van der Waals surface area contributed by atoms with Crippen molar-refractivity contribution in [1.82, 2.24) is 0 Å². The van der Waals surface area contributed by atoms with E-state index < -0.39 is 22.0 Å². The summed E-state index contributed by atoms with van der Waals surface area (Å²) in [5.74, 6) is -0.893. The highest BCUT2D eigenvalue weighted by Gasteiger charge is 2.11. The summed E-state index contributed by atoms with van der Waals surface area (Å²) in [5.41, 5.74) is 0. The Labute approximate surface area is 58.2 Å². The smallest absolute Gasteiger partial charge is 0.267 e. The Morgan fingerprint density at radius 1 is 1.56 bits per heavy atom. The van der Waals surface area contributed by atoms with Gasteiger partial charge in [0.1, 0.15) is 5.75 Å². The number of aliphatic hydroxyl groups excluding tert-OH is 1. The molecule has 0 fully saturated rings. The van der Waals surface area contributed by atoms with E-state index in [4.69, 9.17) is 21.3 Å². The zero-order valence-electron chi connectivity index (χ0n) is 4.49. The maximum atomic E-state index is 9.94. The van der Waals surface area contributed by atoms with Gasteiger partial charge in [0, 0.05) is 5.88 Å². The van der Waals surface area contributed by atoms with E-state index >= 15 is 0 Å². The summed E-state index contributed by atoms with van der Waals surface area (Å²) in [7, 11) is -4.07. The van der Waals surface area contributed by atoms with Crippen molar-refractivity contribution in [1.29, 1.82) is 0 Å². The molecule has 0 aliphatic heterocycles. The van der Waals surface area contributed by atoms with Crippen molar-refractivity contribution in [3.8, 4) is 0 Å². The van der Waals surface area contributed by atoms with Crippen molar-refractivity contribution in [3.05, 3.63) is 0 Å². The zero-order valence-corrected chi connectivity index (χ0v) is 6.06. The first-order valence-corrected chi connectivity index (χ1v) is 4.29. The molecule has 0 aromatic rings. The largest absolute Gasteiger partial charge is 0.391 e. The van der Waals surface area contributed by atoms with E-state index in [-0.39, 0.29) is 5.88 Å². The number of aliphatic hydroxyl groups is 1. The predicted octanol–water partition coefficient (Wildman–Crippen LogP) is -0.526. The lowest BCUT2D eigenvalue weighted by molar-refractivity contribution is 0.218. The molecule has 0 spiro atoms. The molecule has 2 N–H and O–H groups in total. The van der Waals surface area contributed by atoms with E-state index in [9.17, 15) is 8.42 Å². The number of hydrogen-bond donors (Lipinski definition) is 2. The molecule has 0 aliphatic carbocycles. The van der Waals surface area contributed by atoms with Crippen LogP contribution in [0, 0.1) is 0 Å². The lowest BCUT2D eigenvalue weighted by Gasteiger charge is -2.00. The molecule has 0 aromatic heterocycles.